The maximum absolute atomic E-state index is 13.4. The summed E-state index contributed by atoms with van der Waals surface area (Å²) in [5, 5.41) is 3.02. The number of hydrogen-bond donors (Lipinski definition) is 2. The Balaban J connectivity index is 5.50. The number of nitrogens with one attached hydrogen (secondary N) is 1. The summed E-state index contributed by atoms with van der Waals surface area (Å²) in [6, 6.07) is -0.878. The smallest absolute Gasteiger partial charge is 0.456 e. The third-order valence-corrected chi connectivity index (χ3v) is 12.9. The van der Waals surface area contributed by atoms with Gasteiger partial charge in [0.05, 0.1) is 33.8 Å². The van der Waals surface area contributed by atoms with Gasteiger partial charge in [-0.25, -0.2) is 4.57 Å². The maximum atomic E-state index is 13.4. The van der Waals surface area contributed by atoms with Crippen LogP contribution in [0.1, 0.15) is 233 Å². The molecule has 68 heavy (non-hydrogen) atoms. The van der Waals surface area contributed by atoms with E-state index in [4.69, 9.17) is 13.8 Å². The number of quaternary nitrogens is 1. The molecule has 0 fully saturated rings. The molecule has 0 radical (unpaired) electrons. The second-order valence-corrected chi connectivity index (χ2v) is 21.2. The van der Waals surface area contributed by atoms with Crippen LogP contribution in [0.15, 0.2) is 72.9 Å². The zero-order chi connectivity index (χ0) is 50.1. The van der Waals surface area contributed by atoms with E-state index in [0.29, 0.717) is 30.3 Å². The van der Waals surface area contributed by atoms with Crippen LogP contribution in [0.3, 0.4) is 0 Å². The van der Waals surface area contributed by atoms with Crippen LogP contribution >= 0.6 is 7.82 Å². The van der Waals surface area contributed by atoms with E-state index in [1.54, 1.807) is 0 Å². The number of allylic oxidation sites excluding steroid dienone is 11. The third kappa shape index (κ3) is 48.5. The zero-order valence-electron chi connectivity index (χ0n) is 44.8. The van der Waals surface area contributed by atoms with Crippen molar-refractivity contribution >= 4 is 19.7 Å². The summed E-state index contributed by atoms with van der Waals surface area (Å²) in [6.45, 7) is 6.91. The van der Waals surface area contributed by atoms with E-state index >= 15 is 0 Å². The lowest BCUT2D eigenvalue weighted by atomic mass is 10.1. The summed E-state index contributed by atoms with van der Waals surface area (Å²) in [5.41, 5.74) is 0. The Bertz CT molecular complexity index is 1400. The Kier molecular flexibility index (Phi) is 46.3. The number of nitrogens with zero attached hydrogens (tertiary/aromatic N) is 1. The van der Waals surface area contributed by atoms with Gasteiger partial charge in [0.15, 0.2) is 0 Å². The van der Waals surface area contributed by atoms with Gasteiger partial charge in [-0.1, -0.05) is 197 Å². The number of phosphoric acid groups is 1. The lowest BCUT2D eigenvalue weighted by Gasteiger charge is -2.27. The first-order valence-electron chi connectivity index (χ1n) is 27.8. The first-order chi connectivity index (χ1) is 32.9. The number of phosphoric ester groups is 1. The van der Waals surface area contributed by atoms with Gasteiger partial charge in [-0.2, -0.15) is 0 Å². The van der Waals surface area contributed by atoms with Gasteiger partial charge in [-0.15, -0.1) is 0 Å². The Labute approximate surface area is 419 Å². The Morgan fingerprint density at radius 2 is 0.912 bits per heavy atom. The Morgan fingerprint density at radius 3 is 1.41 bits per heavy atom. The molecule has 0 saturated carbocycles. The molecule has 1 amide bonds. The van der Waals surface area contributed by atoms with Crippen LogP contribution in [-0.2, 0) is 27.9 Å². The first-order valence-corrected chi connectivity index (χ1v) is 29.3. The number of unbranched alkanes of at least 4 members (excludes halogenated alkanes) is 23. The average molecular weight is 974 g/mol. The van der Waals surface area contributed by atoms with E-state index in [1.165, 1.54) is 116 Å². The van der Waals surface area contributed by atoms with Crippen molar-refractivity contribution in [3.8, 4) is 0 Å². The fraction of sp³-hybridized carbons (Fsp3) is 0.759. The minimum Gasteiger partial charge on any atom is -0.456 e. The van der Waals surface area contributed by atoms with Crippen LogP contribution in [0.2, 0.25) is 0 Å². The molecule has 0 aromatic heterocycles. The highest BCUT2D eigenvalue weighted by Crippen LogP contribution is 2.43. The average Bonchev–Trinajstić information content (AvgIpc) is 3.29. The molecular formula is C58H106N2O7P+. The SMILES string of the molecule is CCCCC/C=C\C/C=C\C/C=C\C/C=C\CCCC(=O)OC(/C=C/CCCCCCCCCCCC)C(COP(=O)(O)OCC[N+](C)(C)C)NC(=O)CCCCC/C=C\CCCCCCCC. The maximum Gasteiger partial charge on any atom is 0.472 e. The molecule has 0 aliphatic heterocycles. The van der Waals surface area contributed by atoms with E-state index in [-0.39, 0.29) is 31.5 Å². The number of likely N-dealkylation sites (N-methyl/N-ethyl adjacent to an activating group) is 1. The number of esters is 1. The van der Waals surface area contributed by atoms with Crippen molar-refractivity contribution in [1.82, 2.24) is 5.32 Å². The van der Waals surface area contributed by atoms with Crippen LogP contribution in [-0.4, -0.2) is 74.3 Å². The summed E-state index contributed by atoms with van der Waals surface area (Å²) in [5.74, 6) is -0.592. The van der Waals surface area contributed by atoms with Gasteiger partial charge >= 0.3 is 13.8 Å². The quantitative estimate of drug-likeness (QED) is 0.0205. The standard InChI is InChI=1S/C58H105N2O7P/c1-7-10-13-16-19-22-25-28-29-30-31-33-36-39-42-45-48-51-58(62)67-56(49-46-43-40-37-34-27-24-21-18-15-12-9-3)55(54-66-68(63,64)65-53-52-60(4,5)6)59-57(61)50-47-44-41-38-35-32-26-23-20-17-14-11-8-2/h19,22,28-29,31-33,35,39,42,46,49,55-56H,7-18,20-21,23-27,30,34,36-38,40-41,43-45,47-48,50-54H2,1-6H3,(H-,59,61,63,64)/p+1/b22-19-,29-28-,33-31-,35-32-,42-39-,49-46+. The van der Waals surface area contributed by atoms with Crippen molar-refractivity contribution in [2.24, 2.45) is 0 Å². The molecule has 0 bridgehead atoms. The molecule has 9 nitrogen and oxygen atoms in total. The van der Waals surface area contributed by atoms with E-state index in [9.17, 15) is 19.0 Å². The van der Waals surface area contributed by atoms with E-state index in [1.807, 2.05) is 33.3 Å². The van der Waals surface area contributed by atoms with Crippen LogP contribution in [0.25, 0.3) is 0 Å². The van der Waals surface area contributed by atoms with Crippen molar-refractivity contribution in [2.75, 3.05) is 40.9 Å². The number of hydrogen-bond acceptors (Lipinski definition) is 6. The lowest BCUT2D eigenvalue weighted by molar-refractivity contribution is -0.870. The molecule has 10 heteroatoms. The van der Waals surface area contributed by atoms with E-state index in [2.05, 4.69) is 86.8 Å². The van der Waals surface area contributed by atoms with E-state index < -0.39 is 20.0 Å². The monoisotopic (exact) mass is 974 g/mol. The number of rotatable bonds is 49. The molecule has 394 valence electrons. The van der Waals surface area contributed by atoms with Gasteiger partial charge in [0, 0.05) is 12.8 Å². The number of ether oxygens (including phenoxy) is 1. The van der Waals surface area contributed by atoms with Crippen LogP contribution in [0.4, 0.5) is 0 Å². The highest BCUT2D eigenvalue weighted by Gasteiger charge is 2.30. The first kappa shape index (κ1) is 65.5. The predicted octanol–water partition coefficient (Wildman–Crippen LogP) is 16.5. The second-order valence-electron chi connectivity index (χ2n) is 19.7. The molecule has 0 spiro atoms. The van der Waals surface area contributed by atoms with Crippen molar-refractivity contribution in [3.05, 3.63) is 72.9 Å². The summed E-state index contributed by atoms with van der Waals surface area (Å²) < 4.78 is 30.5. The fourth-order valence-electron chi connectivity index (χ4n) is 7.51. The van der Waals surface area contributed by atoms with Gasteiger partial charge in [0.1, 0.15) is 19.3 Å². The lowest BCUT2D eigenvalue weighted by Crippen LogP contribution is -2.47. The molecule has 0 aromatic rings. The van der Waals surface area contributed by atoms with Gasteiger partial charge in [-0.05, 0) is 96.0 Å². The van der Waals surface area contributed by atoms with Gasteiger partial charge in [0.2, 0.25) is 5.91 Å². The predicted molar refractivity (Wildman–Crippen MR) is 291 cm³/mol. The molecule has 3 unspecified atom stereocenters. The molecule has 3 atom stereocenters. The molecular weight excluding hydrogens is 868 g/mol. The largest absolute Gasteiger partial charge is 0.472 e. The van der Waals surface area contributed by atoms with Crippen LogP contribution in [0.5, 0.6) is 0 Å². The van der Waals surface area contributed by atoms with Crippen LogP contribution in [0, 0.1) is 0 Å². The van der Waals surface area contributed by atoms with Crippen molar-refractivity contribution in [2.45, 2.75) is 245 Å². The summed E-state index contributed by atoms with van der Waals surface area (Å²) in [4.78, 5) is 37.5. The third-order valence-electron chi connectivity index (χ3n) is 11.9. The number of amides is 1. The minimum absolute atomic E-state index is 0.0269. The van der Waals surface area contributed by atoms with Gasteiger partial charge in [0.25, 0.3) is 0 Å². The minimum atomic E-state index is -4.46. The molecule has 2 N–H and O–H groups in total. The highest BCUT2D eigenvalue weighted by atomic mass is 31.2. The van der Waals surface area contributed by atoms with Gasteiger partial charge in [-0.3, -0.25) is 18.6 Å². The van der Waals surface area contributed by atoms with Crippen molar-refractivity contribution in [3.63, 3.8) is 0 Å². The molecule has 0 saturated heterocycles. The topological polar surface area (TPSA) is 111 Å². The van der Waals surface area contributed by atoms with E-state index in [0.717, 1.165) is 70.6 Å². The highest BCUT2D eigenvalue weighted by molar-refractivity contribution is 7.47. The normalized spacial score (nSPS) is 14.4. The van der Waals surface area contributed by atoms with Crippen molar-refractivity contribution in [1.29, 1.82) is 0 Å². The molecule has 0 aliphatic carbocycles. The summed E-state index contributed by atoms with van der Waals surface area (Å²) >= 11 is 0. The fourth-order valence-corrected chi connectivity index (χ4v) is 8.25. The number of carbonyl (C=O) groups is 2. The molecule has 0 aliphatic rings. The summed E-state index contributed by atoms with van der Waals surface area (Å²) in [7, 11) is 1.45. The molecule has 0 aromatic carbocycles. The van der Waals surface area contributed by atoms with Crippen molar-refractivity contribution < 1.29 is 37.3 Å². The molecule has 0 heterocycles. The number of carbonyl (C=O) groups excluding carboxylic acids is 2. The Hall–Kier alpha value is -2.55. The molecule has 0 rings (SSSR count). The zero-order valence-corrected chi connectivity index (χ0v) is 45.7. The van der Waals surface area contributed by atoms with Gasteiger partial charge < -0.3 is 19.4 Å². The summed E-state index contributed by atoms with van der Waals surface area (Å²) in [6.07, 6.45) is 60.4. The van der Waals surface area contributed by atoms with Crippen LogP contribution < -0.4 is 5.32 Å². The Morgan fingerprint density at radius 1 is 0.515 bits per heavy atom. The second kappa shape index (κ2) is 48.1.